The van der Waals surface area contributed by atoms with Gasteiger partial charge in [0, 0.05) is 24.0 Å². The molecule has 0 aliphatic carbocycles. The predicted molar refractivity (Wildman–Crippen MR) is 144 cm³/mol. The second-order valence-corrected chi connectivity index (χ2v) is 9.14. The van der Waals surface area contributed by atoms with Crippen molar-refractivity contribution in [2.24, 2.45) is 0 Å². The minimum absolute atomic E-state index is 0.230. The first kappa shape index (κ1) is 26.9. The van der Waals surface area contributed by atoms with Crippen molar-refractivity contribution in [3.63, 3.8) is 0 Å². The summed E-state index contributed by atoms with van der Waals surface area (Å²) in [4.78, 5) is 12.9. The first-order chi connectivity index (χ1) is 19.4. The van der Waals surface area contributed by atoms with E-state index in [2.05, 4.69) is 15.0 Å². The van der Waals surface area contributed by atoms with Crippen LogP contribution in [-0.4, -0.2) is 15.0 Å². The number of hydrogen-bond donors (Lipinski definition) is 0. The molecule has 0 saturated carbocycles. The molecule has 0 aliphatic heterocycles. The maximum atomic E-state index is 12.7. The molecular formula is C31H26F3N3O3. The van der Waals surface area contributed by atoms with Crippen LogP contribution in [0, 0.1) is 0 Å². The average Bonchev–Trinajstić information content (AvgIpc) is 3.64. The van der Waals surface area contributed by atoms with Gasteiger partial charge in [0.2, 0.25) is 5.89 Å². The monoisotopic (exact) mass is 545 g/mol. The van der Waals surface area contributed by atoms with Crippen molar-refractivity contribution in [2.75, 3.05) is 0 Å². The van der Waals surface area contributed by atoms with Crippen molar-refractivity contribution in [1.82, 2.24) is 15.0 Å². The molecule has 0 radical (unpaired) electrons. The summed E-state index contributed by atoms with van der Waals surface area (Å²) in [5.74, 6) is 1.84. The summed E-state index contributed by atoms with van der Waals surface area (Å²) in [6.45, 7) is 0.230. The van der Waals surface area contributed by atoms with Gasteiger partial charge in [-0.25, -0.2) is 9.97 Å². The van der Waals surface area contributed by atoms with Gasteiger partial charge in [-0.05, 0) is 79.3 Å². The Labute approximate surface area is 229 Å². The van der Waals surface area contributed by atoms with Crippen LogP contribution < -0.4 is 4.74 Å². The van der Waals surface area contributed by atoms with Crippen LogP contribution in [0.15, 0.2) is 94.5 Å². The molecule has 2 aromatic carbocycles. The number of hydrogen-bond acceptors (Lipinski definition) is 6. The molecule has 5 aromatic rings. The maximum Gasteiger partial charge on any atom is 0.416 e. The molecule has 0 fully saturated rings. The Kier molecular flexibility index (Phi) is 8.39. The number of halogens is 3. The summed E-state index contributed by atoms with van der Waals surface area (Å²) in [6, 6.07) is 16.7. The average molecular weight is 546 g/mol. The highest BCUT2D eigenvalue weighted by molar-refractivity contribution is 5.66. The highest BCUT2D eigenvalue weighted by atomic mass is 19.4. The van der Waals surface area contributed by atoms with E-state index in [1.54, 1.807) is 24.5 Å². The Morgan fingerprint density at radius 3 is 2.42 bits per heavy atom. The minimum Gasteiger partial charge on any atom is -0.487 e. The number of ether oxygens (including phenoxy) is 1. The fraction of sp³-hybridized carbons (Fsp3) is 0.194. The van der Waals surface area contributed by atoms with E-state index >= 15 is 0 Å². The van der Waals surface area contributed by atoms with Crippen LogP contribution in [0.4, 0.5) is 13.2 Å². The fourth-order valence-corrected chi connectivity index (χ4v) is 4.13. The van der Waals surface area contributed by atoms with Gasteiger partial charge in [0.15, 0.2) is 12.2 Å². The number of rotatable bonds is 11. The zero-order chi connectivity index (χ0) is 27.8. The minimum atomic E-state index is -4.36. The van der Waals surface area contributed by atoms with Gasteiger partial charge in [-0.2, -0.15) is 13.2 Å². The van der Waals surface area contributed by atoms with Crippen LogP contribution in [0.3, 0.4) is 0 Å². The Morgan fingerprint density at radius 1 is 0.875 bits per heavy atom. The maximum absolute atomic E-state index is 12.7. The third kappa shape index (κ3) is 7.25. The van der Waals surface area contributed by atoms with Gasteiger partial charge in [-0.3, -0.25) is 4.98 Å². The molecule has 0 amide bonds. The highest BCUT2D eigenvalue weighted by Crippen LogP contribution is 2.29. The van der Waals surface area contributed by atoms with Gasteiger partial charge in [0.1, 0.15) is 24.3 Å². The molecule has 0 spiro atoms. The summed E-state index contributed by atoms with van der Waals surface area (Å²) in [5, 5.41) is 0. The molecule has 6 nitrogen and oxygen atoms in total. The van der Waals surface area contributed by atoms with Crippen molar-refractivity contribution < 1.29 is 26.7 Å². The fourth-order valence-electron chi connectivity index (χ4n) is 4.13. The van der Waals surface area contributed by atoms with Gasteiger partial charge < -0.3 is 13.6 Å². The molecule has 5 rings (SSSR count). The number of benzene rings is 2. The van der Waals surface area contributed by atoms with Crippen molar-refractivity contribution in [3.8, 4) is 17.1 Å². The molecule has 0 atom stereocenters. The molecule has 204 valence electrons. The van der Waals surface area contributed by atoms with E-state index < -0.39 is 11.7 Å². The van der Waals surface area contributed by atoms with Crippen LogP contribution in [0.1, 0.15) is 46.8 Å². The Morgan fingerprint density at radius 2 is 1.68 bits per heavy atom. The second kappa shape index (κ2) is 12.5. The third-order valence-corrected chi connectivity index (χ3v) is 6.23. The van der Waals surface area contributed by atoms with Crippen molar-refractivity contribution >= 4 is 12.2 Å². The van der Waals surface area contributed by atoms with E-state index in [-0.39, 0.29) is 6.61 Å². The van der Waals surface area contributed by atoms with Crippen molar-refractivity contribution in [2.45, 2.75) is 38.5 Å². The Hall–Kier alpha value is -4.66. The molecule has 3 aromatic heterocycles. The SMILES string of the molecule is FC(F)(F)c1ccc(/C=C/c2nc(COc3ccc(CCCCc4ncoc4-c4cccnc4)cc3)co2)cc1. The van der Waals surface area contributed by atoms with Crippen molar-refractivity contribution in [1.29, 1.82) is 0 Å². The Balaban J connectivity index is 1.05. The molecule has 9 heteroatoms. The van der Waals surface area contributed by atoms with Crippen molar-refractivity contribution in [3.05, 3.63) is 120 Å². The van der Waals surface area contributed by atoms with E-state index in [1.807, 2.05) is 36.4 Å². The molecule has 0 unspecified atom stereocenters. The number of oxazole rings is 2. The highest BCUT2D eigenvalue weighted by Gasteiger charge is 2.29. The molecular weight excluding hydrogens is 519 g/mol. The summed E-state index contributed by atoms with van der Waals surface area (Å²) < 4.78 is 54.9. The summed E-state index contributed by atoms with van der Waals surface area (Å²) in [7, 11) is 0. The third-order valence-electron chi connectivity index (χ3n) is 6.23. The number of alkyl halides is 3. The molecule has 0 N–H and O–H groups in total. The molecule has 3 heterocycles. The lowest BCUT2D eigenvalue weighted by Crippen LogP contribution is -2.03. The zero-order valence-corrected chi connectivity index (χ0v) is 21.5. The standard InChI is InChI=1S/C31H26F3N3O3/c32-31(33,34)25-12-7-23(8-13-25)11-16-29-37-26(20-39-29)19-38-27-14-9-22(10-15-27)4-1-2-6-28-30(40-21-36-28)24-5-3-17-35-18-24/h3,5,7-18,20-21H,1-2,4,6,19H2/b16-11+. The smallest absolute Gasteiger partial charge is 0.416 e. The first-order valence-electron chi connectivity index (χ1n) is 12.8. The normalized spacial score (nSPS) is 11.8. The lowest BCUT2D eigenvalue weighted by atomic mass is 10.0. The number of pyridine rings is 1. The second-order valence-electron chi connectivity index (χ2n) is 9.14. The largest absolute Gasteiger partial charge is 0.487 e. The van der Waals surface area contributed by atoms with Crippen LogP contribution in [0.5, 0.6) is 5.75 Å². The summed E-state index contributed by atoms with van der Waals surface area (Å²) in [5.41, 5.74) is 3.63. The van der Waals surface area contributed by atoms with Gasteiger partial charge in [0.25, 0.3) is 0 Å². The molecule has 0 saturated heterocycles. The summed E-state index contributed by atoms with van der Waals surface area (Å²) in [6.07, 6.45) is 9.15. The van der Waals surface area contributed by atoms with Gasteiger partial charge in [0.05, 0.1) is 11.3 Å². The lowest BCUT2D eigenvalue weighted by Gasteiger charge is -2.06. The summed E-state index contributed by atoms with van der Waals surface area (Å²) >= 11 is 0. The number of aromatic nitrogens is 3. The topological polar surface area (TPSA) is 74.2 Å². The van der Waals surface area contributed by atoms with Gasteiger partial charge >= 0.3 is 6.18 Å². The number of unbranched alkanes of at least 4 members (excludes halogenated alkanes) is 1. The van der Waals surface area contributed by atoms with E-state index in [1.165, 1.54) is 30.4 Å². The quantitative estimate of drug-likeness (QED) is 0.156. The van der Waals surface area contributed by atoms with Gasteiger partial charge in [-0.1, -0.05) is 24.3 Å². The Bertz CT molecular complexity index is 1520. The van der Waals surface area contributed by atoms with E-state index in [0.29, 0.717) is 17.1 Å². The number of nitrogens with zero attached hydrogens (tertiary/aromatic N) is 3. The molecule has 0 aliphatic rings. The van der Waals surface area contributed by atoms with Gasteiger partial charge in [-0.15, -0.1) is 0 Å². The van der Waals surface area contributed by atoms with Crippen LogP contribution in [-0.2, 0) is 25.6 Å². The zero-order valence-electron chi connectivity index (χ0n) is 21.5. The number of aryl methyl sites for hydroxylation is 2. The van der Waals surface area contributed by atoms with Crippen LogP contribution in [0.25, 0.3) is 23.5 Å². The van der Waals surface area contributed by atoms with E-state index in [4.69, 9.17) is 13.6 Å². The predicted octanol–water partition coefficient (Wildman–Crippen LogP) is 8.06. The van der Waals surface area contributed by atoms with E-state index in [0.717, 1.165) is 60.6 Å². The lowest BCUT2D eigenvalue weighted by molar-refractivity contribution is -0.137. The molecule has 0 bridgehead atoms. The first-order valence-corrected chi connectivity index (χ1v) is 12.8. The molecule has 40 heavy (non-hydrogen) atoms. The van der Waals surface area contributed by atoms with E-state index in [9.17, 15) is 13.2 Å². The van der Waals surface area contributed by atoms with Crippen LogP contribution >= 0.6 is 0 Å². The van der Waals surface area contributed by atoms with Crippen LogP contribution in [0.2, 0.25) is 0 Å².